The third kappa shape index (κ3) is 11.2. The van der Waals surface area contributed by atoms with Crippen molar-refractivity contribution >= 4 is 0 Å². The molecule has 4 nitrogen and oxygen atoms in total. The average molecular weight is 294 g/mol. The van der Waals surface area contributed by atoms with Crippen molar-refractivity contribution in [3.63, 3.8) is 0 Å². The molecular formula is C17H26O4. The highest BCUT2D eigenvalue weighted by atomic mass is 16.6. The van der Waals surface area contributed by atoms with E-state index in [0.717, 1.165) is 6.42 Å². The van der Waals surface area contributed by atoms with Gasteiger partial charge in [-0.25, -0.2) is 0 Å². The van der Waals surface area contributed by atoms with Gasteiger partial charge in [0.25, 0.3) is 0 Å². The Morgan fingerprint density at radius 3 is 1.81 bits per heavy atom. The smallest absolute Gasteiger partial charge is 0.0718 e. The third-order valence-corrected chi connectivity index (χ3v) is 2.69. The van der Waals surface area contributed by atoms with Crippen molar-refractivity contribution < 1.29 is 18.9 Å². The van der Waals surface area contributed by atoms with Gasteiger partial charge >= 0.3 is 0 Å². The lowest BCUT2D eigenvalue weighted by atomic mass is 10.2. The van der Waals surface area contributed by atoms with Gasteiger partial charge in [0.2, 0.25) is 0 Å². The van der Waals surface area contributed by atoms with Gasteiger partial charge in [-0.2, -0.15) is 0 Å². The van der Waals surface area contributed by atoms with Crippen molar-refractivity contribution in [1.82, 2.24) is 0 Å². The topological polar surface area (TPSA) is 36.9 Å². The summed E-state index contributed by atoms with van der Waals surface area (Å²) in [6.07, 6.45) is 2.72. The lowest BCUT2D eigenvalue weighted by Crippen LogP contribution is -2.12. The Balaban J connectivity index is 1.76. The van der Waals surface area contributed by atoms with Crippen LogP contribution < -0.4 is 0 Å². The molecule has 1 aromatic rings. The van der Waals surface area contributed by atoms with Gasteiger partial charge in [-0.1, -0.05) is 36.4 Å². The number of ether oxygens (including phenoxy) is 4. The predicted molar refractivity (Wildman–Crippen MR) is 83.4 cm³/mol. The van der Waals surface area contributed by atoms with Crippen LogP contribution in [0.3, 0.4) is 0 Å². The molecule has 4 heteroatoms. The SMILES string of the molecule is C=CCCOCCOCCOCCOCc1ccccc1. The van der Waals surface area contributed by atoms with Gasteiger partial charge in [0, 0.05) is 0 Å². The fourth-order valence-corrected chi connectivity index (χ4v) is 1.59. The standard InChI is InChI=1S/C17H26O4/c1-2-3-9-18-10-11-19-12-13-20-14-15-21-16-17-7-5-4-6-8-17/h2,4-8H,1,3,9-16H2. The van der Waals surface area contributed by atoms with Gasteiger partial charge in [-0.3, -0.25) is 0 Å². The number of hydrogen-bond acceptors (Lipinski definition) is 4. The van der Waals surface area contributed by atoms with Crippen molar-refractivity contribution in [3.8, 4) is 0 Å². The molecule has 0 N–H and O–H groups in total. The maximum absolute atomic E-state index is 5.51. The third-order valence-electron chi connectivity index (χ3n) is 2.69. The second kappa shape index (κ2) is 13.8. The summed E-state index contributed by atoms with van der Waals surface area (Å²) in [5.41, 5.74) is 1.18. The highest BCUT2D eigenvalue weighted by Gasteiger charge is 1.93. The molecule has 1 aromatic carbocycles. The van der Waals surface area contributed by atoms with Crippen LogP contribution in [0.1, 0.15) is 12.0 Å². The molecule has 21 heavy (non-hydrogen) atoms. The molecule has 0 aliphatic heterocycles. The molecule has 0 amide bonds. The fourth-order valence-electron chi connectivity index (χ4n) is 1.59. The first-order valence-corrected chi connectivity index (χ1v) is 7.39. The van der Waals surface area contributed by atoms with Gasteiger partial charge in [0.15, 0.2) is 0 Å². The molecule has 0 aromatic heterocycles. The van der Waals surface area contributed by atoms with E-state index in [1.54, 1.807) is 0 Å². The van der Waals surface area contributed by atoms with Crippen LogP contribution in [0.5, 0.6) is 0 Å². The minimum atomic E-state index is 0.585. The van der Waals surface area contributed by atoms with Crippen LogP contribution in [0.25, 0.3) is 0 Å². The molecule has 0 saturated heterocycles. The molecule has 0 radical (unpaired) electrons. The van der Waals surface area contributed by atoms with Gasteiger partial charge < -0.3 is 18.9 Å². The Hall–Kier alpha value is -1.20. The Morgan fingerprint density at radius 1 is 0.714 bits per heavy atom. The number of hydrogen-bond donors (Lipinski definition) is 0. The van der Waals surface area contributed by atoms with E-state index in [-0.39, 0.29) is 0 Å². The molecule has 0 saturated carbocycles. The molecule has 0 atom stereocenters. The Kier molecular flexibility index (Phi) is 11.7. The second-order valence-electron chi connectivity index (χ2n) is 4.45. The monoisotopic (exact) mass is 294 g/mol. The summed E-state index contributed by atoms with van der Waals surface area (Å²) in [4.78, 5) is 0. The van der Waals surface area contributed by atoms with E-state index in [1.165, 1.54) is 5.56 Å². The molecule has 0 bridgehead atoms. The first kappa shape index (κ1) is 17.9. The van der Waals surface area contributed by atoms with E-state index < -0.39 is 0 Å². The zero-order valence-electron chi connectivity index (χ0n) is 12.7. The molecule has 0 aliphatic rings. The number of rotatable bonds is 14. The van der Waals surface area contributed by atoms with E-state index in [9.17, 15) is 0 Å². The summed E-state index contributed by atoms with van der Waals surface area (Å²) in [6.45, 7) is 8.55. The van der Waals surface area contributed by atoms with Crippen molar-refractivity contribution in [2.24, 2.45) is 0 Å². The highest BCUT2D eigenvalue weighted by molar-refractivity contribution is 5.13. The fraction of sp³-hybridized carbons (Fsp3) is 0.529. The van der Waals surface area contributed by atoms with E-state index in [2.05, 4.69) is 6.58 Å². The quantitative estimate of drug-likeness (QED) is 0.390. The molecule has 0 fully saturated rings. The normalized spacial score (nSPS) is 10.7. The molecule has 0 aliphatic carbocycles. The maximum Gasteiger partial charge on any atom is 0.0718 e. The minimum absolute atomic E-state index is 0.585. The lowest BCUT2D eigenvalue weighted by molar-refractivity contribution is -0.00366. The molecule has 0 spiro atoms. The largest absolute Gasteiger partial charge is 0.379 e. The van der Waals surface area contributed by atoms with Crippen LogP contribution in [-0.4, -0.2) is 46.2 Å². The zero-order chi connectivity index (χ0) is 15.0. The maximum atomic E-state index is 5.51. The predicted octanol–water partition coefficient (Wildman–Crippen LogP) is 2.83. The van der Waals surface area contributed by atoms with Crippen molar-refractivity contribution in [2.75, 3.05) is 46.2 Å². The Morgan fingerprint density at radius 2 is 1.24 bits per heavy atom. The van der Waals surface area contributed by atoms with E-state index >= 15 is 0 Å². The average Bonchev–Trinajstić information content (AvgIpc) is 2.53. The summed E-state index contributed by atoms with van der Waals surface area (Å²) in [5.74, 6) is 0. The van der Waals surface area contributed by atoms with Crippen LogP contribution in [0.2, 0.25) is 0 Å². The first-order valence-electron chi connectivity index (χ1n) is 7.39. The molecular weight excluding hydrogens is 268 g/mol. The summed E-state index contributed by atoms with van der Waals surface area (Å²) in [5, 5.41) is 0. The van der Waals surface area contributed by atoms with E-state index in [4.69, 9.17) is 18.9 Å². The minimum Gasteiger partial charge on any atom is -0.379 e. The molecule has 1 rings (SSSR count). The zero-order valence-corrected chi connectivity index (χ0v) is 12.7. The lowest BCUT2D eigenvalue weighted by Gasteiger charge is -2.07. The van der Waals surface area contributed by atoms with E-state index in [1.807, 2.05) is 36.4 Å². The van der Waals surface area contributed by atoms with Crippen molar-refractivity contribution in [2.45, 2.75) is 13.0 Å². The second-order valence-corrected chi connectivity index (χ2v) is 4.45. The molecule has 0 heterocycles. The van der Waals surface area contributed by atoms with Crippen molar-refractivity contribution in [1.29, 1.82) is 0 Å². The van der Waals surface area contributed by atoms with Gasteiger partial charge in [0.1, 0.15) is 0 Å². The first-order chi connectivity index (χ1) is 10.4. The van der Waals surface area contributed by atoms with Crippen LogP contribution >= 0.6 is 0 Å². The number of benzene rings is 1. The summed E-state index contributed by atoms with van der Waals surface area (Å²) >= 11 is 0. The van der Waals surface area contributed by atoms with Crippen LogP contribution in [-0.2, 0) is 25.6 Å². The Bertz CT molecular complexity index is 340. The van der Waals surface area contributed by atoms with Crippen LogP contribution in [0.15, 0.2) is 43.0 Å². The van der Waals surface area contributed by atoms with Crippen molar-refractivity contribution in [3.05, 3.63) is 48.6 Å². The molecule has 118 valence electrons. The van der Waals surface area contributed by atoms with Gasteiger partial charge in [-0.15, -0.1) is 6.58 Å². The summed E-state index contributed by atoms with van der Waals surface area (Å²) < 4.78 is 21.6. The molecule has 0 unspecified atom stereocenters. The van der Waals surface area contributed by atoms with Gasteiger partial charge in [-0.05, 0) is 12.0 Å². The Labute approximate surface area is 127 Å². The van der Waals surface area contributed by atoms with Crippen LogP contribution in [0, 0.1) is 0 Å². The van der Waals surface area contributed by atoms with Crippen LogP contribution in [0.4, 0.5) is 0 Å². The summed E-state index contributed by atoms with van der Waals surface area (Å²) in [7, 11) is 0. The van der Waals surface area contributed by atoms with E-state index in [0.29, 0.717) is 52.9 Å². The van der Waals surface area contributed by atoms with Gasteiger partial charge in [0.05, 0.1) is 52.9 Å². The summed E-state index contributed by atoms with van der Waals surface area (Å²) in [6, 6.07) is 10.1. The highest BCUT2D eigenvalue weighted by Crippen LogP contribution is 1.99.